The molecule has 0 saturated heterocycles. The summed E-state index contributed by atoms with van der Waals surface area (Å²) >= 11 is 0. The summed E-state index contributed by atoms with van der Waals surface area (Å²) in [6.07, 6.45) is 1.57. The van der Waals surface area contributed by atoms with Gasteiger partial charge in [0.2, 0.25) is 5.91 Å². The van der Waals surface area contributed by atoms with Gasteiger partial charge >= 0.3 is 0 Å². The molecule has 7 nitrogen and oxygen atoms in total. The first-order chi connectivity index (χ1) is 8.36. The Kier molecular flexibility index (Phi) is 4.30. The number of aromatic nitrogens is 2. The predicted octanol–water partition coefficient (Wildman–Crippen LogP) is -0.544. The summed E-state index contributed by atoms with van der Waals surface area (Å²) in [6, 6.07) is 0. The highest BCUT2D eigenvalue weighted by molar-refractivity contribution is 5.97. The summed E-state index contributed by atoms with van der Waals surface area (Å²) < 4.78 is 1.48. The largest absolute Gasteiger partial charge is 0.396 e. The number of rotatable bonds is 4. The molecule has 100 valence electrons. The minimum atomic E-state index is -0.288. The van der Waals surface area contributed by atoms with Crippen LogP contribution >= 0.6 is 0 Å². The lowest BCUT2D eigenvalue weighted by atomic mass is 10.1. The lowest BCUT2D eigenvalue weighted by Gasteiger charge is -2.20. The Hall–Kier alpha value is -2.05. The van der Waals surface area contributed by atoms with Crippen molar-refractivity contribution in [3.8, 4) is 0 Å². The fourth-order valence-electron chi connectivity index (χ4n) is 1.68. The lowest BCUT2D eigenvalue weighted by Crippen LogP contribution is -2.37. The van der Waals surface area contributed by atoms with Crippen LogP contribution in [-0.4, -0.2) is 47.1 Å². The molecule has 0 aliphatic heterocycles. The summed E-state index contributed by atoms with van der Waals surface area (Å²) in [7, 11) is 4.88. The Bertz CT molecular complexity index is 454. The van der Waals surface area contributed by atoms with Gasteiger partial charge in [0.25, 0.3) is 5.91 Å². The topological polar surface area (TPSA) is 93.2 Å². The monoisotopic (exact) mass is 253 g/mol. The second-order valence-corrected chi connectivity index (χ2v) is 4.31. The van der Waals surface area contributed by atoms with Gasteiger partial charge in [-0.15, -0.1) is 0 Å². The zero-order chi connectivity index (χ0) is 13.9. The van der Waals surface area contributed by atoms with E-state index >= 15 is 0 Å². The first kappa shape index (κ1) is 14.0. The van der Waals surface area contributed by atoms with Crippen molar-refractivity contribution in [2.75, 3.05) is 26.4 Å². The molecule has 0 spiro atoms. The van der Waals surface area contributed by atoms with Crippen molar-refractivity contribution in [1.29, 1.82) is 0 Å². The summed E-state index contributed by atoms with van der Waals surface area (Å²) in [5.74, 6) is -0.679. The molecule has 0 aliphatic rings. The minimum absolute atomic E-state index is 0.108. The molecule has 0 radical (unpaired) electrons. The van der Waals surface area contributed by atoms with Crippen LogP contribution in [0.2, 0.25) is 0 Å². The summed E-state index contributed by atoms with van der Waals surface area (Å²) in [5.41, 5.74) is 6.23. The summed E-state index contributed by atoms with van der Waals surface area (Å²) in [5, 5.41) is 6.55. The molecule has 0 aliphatic carbocycles. The number of anilines is 1. The van der Waals surface area contributed by atoms with Crippen molar-refractivity contribution >= 4 is 17.5 Å². The number of hydrogen-bond donors (Lipinski definition) is 2. The van der Waals surface area contributed by atoms with Gasteiger partial charge < -0.3 is 16.0 Å². The van der Waals surface area contributed by atoms with Gasteiger partial charge in [-0.3, -0.25) is 14.3 Å². The molecule has 0 fully saturated rings. The molecule has 1 rings (SSSR count). The van der Waals surface area contributed by atoms with Crippen LogP contribution in [0.4, 0.5) is 5.69 Å². The van der Waals surface area contributed by atoms with Crippen LogP contribution < -0.4 is 11.1 Å². The van der Waals surface area contributed by atoms with Gasteiger partial charge in [-0.2, -0.15) is 5.10 Å². The molecule has 1 heterocycles. The van der Waals surface area contributed by atoms with Gasteiger partial charge in [-0.05, 0) is 0 Å². The van der Waals surface area contributed by atoms with Gasteiger partial charge in [0, 0.05) is 33.9 Å². The van der Waals surface area contributed by atoms with Gasteiger partial charge in [0.15, 0.2) is 5.69 Å². The minimum Gasteiger partial charge on any atom is -0.396 e. The smallest absolute Gasteiger partial charge is 0.276 e. The zero-order valence-corrected chi connectivity index (χ0v) is 11.1. The molecule has 3 N–H and O–H groups in total. The Morgan fingerprint density at radius 3 is 2.67 bits per heavy atom. The number of hydrogen-bond acceptors (Lipinski definition) is 4. The first-order valence-corrected chi connectivity index (χ1v) is 5.63. The van der Waals surface area contributed by atoms with Crippen molar-refractivity contribution in [2.24, 2.45) is 13.0 Å². The van der Waals surface area contributed by atoms with Crippen LogP contribution in [0.15, 0.2) is 6.20 Å². The number of nitrogens with two attached hydrogens (primary N) is 1. The highest BCUT2D eigenvalue weighted by Gasteiger charge is 2.21. The molecule has 1 aromatic rings. The molecule has 18 heavy (non-hydrogen) atoms. The SMILES string of the molecule is CNC(=O)C(C)CN(C)C(=O)c1nn(C)cc1N. The fourth-order valence-corrected chi connectivity index (χ4v) is 1.68. The fraction of sp³-hybridized carbons (Fsp3) is 0.545. The Morgan fingerprint density at radius 1 is 1.61 bits per heavy atom. The van der Waals surface area contributed by atoms with Crippen molar-refractivity contribution in [1.82, 2.24) is 20.0 Å². The summed E-state index contributed by atoms with van der Waals surface area (Å²) in [4.78, 5) is 24.9. The number of nitrogen functional groups attached to an aromatic ring is 1. The molecular weight excluding hydrogens is 234 g/mol. The number of carbonyl (C=O) groups excluding carboxylic acids is 2. The third kappa shape index (κ3) is 2.99. The maximum Gasteiger partial charge on any atom is 0.276 e. The van der Waals surface area contributed by atoms with E-state index in [1.165, 1.54) is 9.58 Å². The molecule has 2 amide bonds. The average molecular weight is 253 g/mol. The van der Waals surface area contributed by atoms with E-state index in [1.54, 1.807) is 34.3 Å². The normalized spacial score (nSPS) is 12.0. The van der Waals surface area contributed by atoms with E-state index < -0.39 is 0 Å². The summed E-state index contributed by atoms with van der Waals surface area (Å²) in [6.45, 7) is 2.07. The third-order valence-corrected chi connectivity index (χ3v) is 2.65. The van der Waals surface area contributed by atoms with Crippen LogP contribution in [0.3, 0.4) is 0 Å². The quantitative estimate of drug-likeness (QED) is 0.753. The number of aryl methyl sites for hydroxylation is 1. The van der Waals surface area contributed by atoms with Crippen molar-refractivity contribution in [3.05, 3.63) is 11.9 Å². The third-order valence-electron chi connectivity index (χ3n) is 2.65. The number of carbonyl (C=O) groups is 2. The highest BCUT2D eigenvalue weighted by atomic mass is 16.2. The number of nitrogens with one attached hydrogen (secondary N) is 1. The molecule has 1 atom stereocenters. The number of nitrogens with zero attached hydrogens (tertiary/aromatic N) is 3. The average Bonchev–Trinajstić information content (AvgIpc) is 2.66. The predicted molar refractivity (Wildman–Crippen MR) is 67.8 cm³/mol. The second-order valence-electron chi connectivity index (χ2n) is 4.31. The van der Waals surface area contributed by atoms with Gasteiger partial charge in [0.05, 0.1) is 11.6 Å². The van der Waals surface area contributed by atoms with Crippen LogP contribution in [0, 0.1) is 5.92 Å². The standard InChI is InChI=1S/C11H19N5O2/c1-7(10(17)13-2)5-15(3)11(18)9-8(12)6-16(4)14-9/h6-7H,5,12H2,1-4H3,(H,13,17). The van der Waals surface area contributed by atoms with Crippen LogP contribution in [0.1, 0.15) is 17.4 Å². The molecule has 0 aromatic carbocycles. The van der Waals surface area contributed by atoms with Crippen LogP contribution in [0.5, 0.6) is 0 Å². The van der Waals surface area contributed by atoms with E-state index in [0.717, 1.165) is 0 Å². The number of amides is 2. The van der Waals surface area contributed by atoms with E-state index in [4.69, 9.17) is 5.73 Å². The zero-order valence-electron chi connectivity index (χ0n) is 11.1. The first-order valence-electron chi connectivity index (χ1n) is 5.63. The van der Waals surface area contributed by atoms with E-state index in [0.29, 0.717) is 12.2 Å². The Morgan fingerprint density at radius 2 is 2.22 bits per heavy atom. The molecule has 0 saturated carbocycles. The molecular formula is C11H19N5O2. The lowest BCUT2D eigenvalue weighted by molar-refractivity contribution is -0.124. The van der Waals surface area contributed by atoms with E-state index in [1.807, 2.05) is 0 Å². The maximum atomic E-state index is 12.1. The molecule has 0 bridgehead atoms. The molecule has 1 unspecified atom stereocenters. The van der Waals surface area contributed by atoms with Crippen molar-refractivity contribution in [3.63, 3.8) is 0 Å². The van der Waals surface area contributed by atoms with Gasteiger partial charge in [-0.1, -0.05) is 6.92 Å². The highest BCUT2D eigenvalue weighted by Crippen LogP contribution is 2.11. The molecule has 1 aromatic heterocycles. The van der Waals surface area contributed by atoms with E-state index in [-0.39, 0.29) is 23.4 Å². The van der Waals surface area contributed by atoms with Crippen molar-refractivity contribution < 1.29 is 9.59 Å². The van der Waals surface area contributed by atoms with E-state index in [2.05, 4.69) is 10.4 Å². The van der Waals surface area contributed by atoms with Gasteiger partial charge in [-0.25, -0.2) is 0 Å². The van der Waals surface area contributed by atoms with E-state index in [9.17, 15) is 9.59 Å². The second kappa shape index (κ2) is 5.52. The van der Waals surface area contributed by atoms with Crippen LogP contribution in [-0.2, 0) is 11.8 Å². The van der Waals surface area contributed by atoms with Crippen LogP contribution in [0.25, 0.3) is 0 Å². The maximum absolute atomic E-state index is 12.1. The van der Waals surface area contributed by atoms with Crippen molar-refractivity contribution in [2.45, 2.75) is 6.92 Å². The Labute approximate surface area is 106 Å². The Balaban J connectivity index is 2.73. The van der Waals surface area contributed by atoms with Gasteiger partial charge in [0.1, 0.15) is 0 Å². The molecule has 7 heteroatoms.